The summed E-state index contributed by atoms with van der Waals surface area (Å²) in [4.78, 5) is 15.7. The van der Waals surface area contributed by atoms with Crippen LogP contribution in [0.2, 0.25) is 0 Å². The van der Waals surface area contributed by atoms with Gasteiger partial charge in [-0.15, -0.1) is 0 Å². The summed E-state index contributed by atoms with van der Waals surface area (Å²) in [5, 5.41) is 0. The zero-order chi connectivity index (χ0) is 18.6. The normalized spacial score (nSPS) is 17.5. The summed E-state index contributed by atoms with van der Waals surface area (Å²) in [7, 11) is 0. The predicted octanol–water partition coefficient (Wildman–Crippen LogP) is 5.30. The molecule has 0 aromatic heterocycles. The maximum absolute atomic E-state index is 11.3. The van der Waals surface area contributed by atoms with Crippen molar-refractivity contribution in [1.82, 2.24) is 0 Å². The van der Waals surface area contributed by atoms with Gasteiger partial charge in [0.25, 0.3) is 0 Å². The Bertz CT molecular complexity index is 875. The number of allylic oxidation sites excluding steroid dienone is 2. The molecule has 0 saturated carbocycles. The molecule has 0 spiro atoms. The predicted molar refractivity (Wildman–Crippen MR) is 103 cm³/mol. The molecule has 0 N–H and O–H groups in total. The van der Waals surface area contributed by atoms with Crippen LogP contribution in [-0.2, 0) is 9.47 Å². The number of nitrogens with zero attached hydrogens (tertiary/aromatic N) is 1. The fourth-order valence-electron chi connectivity index (χ4n) is 2.56. The molecule has 0 unspecified atom stereocenters. The van der Waals surface area contributed by atoms with Crippen molar-refractivity contribution in [2.24, 2.45) is 4.99 Å². The highest BCUT2D eigenvalue weighted by Crippen LogP contribution is 2.32. The average Bonchev–Trinajstić information content (AvgIpc) is 2.61. The van der Waals surface area contributed by atoms with Gasteiger partial charge >= 0.3 is 0 Å². The van der Waals surface area contributed by atoms with E-state index >= 15 is 0 Å². The highest BCUT2D eigenvalue weighted by Gasteiger charge is 2.28. The first-order valence-electron chi connectivity index (χ1n) is 8.43. The summed E-state index contributed by atoms with van der Waals surface area (Å²) >= 11 is 0. The quantitative estimate of drug-likeness (QED) is 0.557. The minimum absolute atomic E-state index is 0.0408. The lowest BCUT2D eigenvalue weighted by Crippen LogP contribution is -2.30. The lowest BCUT2D eigenvalue weighted by atomic mass is 10.1. The molecule has 1 aliphatic heterocycles. The van der Waals surface area contributed by atoms with Crippen molar-refractivity contribution in [3.05, 3.63) is 83.6 Å². The monoisotopic (exact) mass is 347 g/mol. The molecule has 0 saturated heterocycles. The largest absolute Gasteiger partial charge is 0.453 e. The molecule has 1 heterocycles. The van der Waals surface area contributed by atoms with E-state index < -0.39 is 5.79 Å². The lowest BCUT2D eigenvalue weighted by Gasteiger charge is -2.33. The second-order valence-electron chi connectivity index (χ2n) is 6.43. The van der Waals surface area contributed by atoms with E-state index in [4.69, 9.17) is 9.47 Å². The van der Waals surface area contributed by atoms with Gasteiger partial charge in [-0.05, 0) is 37.3 Å². The van der Waals surface area contributed by atoms with E-state index in [1.54, 1.807) is 31.3 Å². The van der Waals surface area contributed by atoms with Crippen molar-refractivity contribution in [2.75, 3.05) is 0 Å². The van der Waals surface area contributed by atoms with Gasteiger partial charge in [0.2, 0.25) is 5.79 Å². The molecule has 1 aliphatic rings. The van der Waals surface area contributed by atoms with Gasteiger partial charge in [0.1, 0.15) is 11.5 Å². The van der Waals surface area contributed by atoms with Crippen LogP contribution >= 0.6 is 0 Å². The second kappa shape index (κ2) is 7.40. The molecule has 0 amide bonds. The van der Waals surface area contributed by atoms with E-state index in [1.807, 2.05) is 62.4 Å². The number of carbonyl (C=O) groups is 1. The third-order valence-corrected chi connectivity index (χ3v) is 3.79. The van der Waals surface area contributed by atoms with Crippen LogP contribution in [0.4, 0.5) is 5.69 Å². The Morgan fingerprint density at radius 1 is 1.00 bits per heavy atom. The van der Waals surface area contributed by atoms with Gasteiger partial charge in [0.15, 0.2) is 5.78 Å². The van der Waals surface area contributed by atoms with E-state index in [2.05, 4.69) is 4.99 Å². The van der Waals surface area contributed by atoms with Gasteiger partial charge in [0, 0.05) is 37.3 Å². The first-order valence-corrected chi connectivity index (χ1v) is 8.43. The van der Waals surface area contributed by atoms with E-state index in [9.17, 15) is 4.79 Å². The fraction of sp³-hybridized carbons (Fsp3) is 0.182. The average molecular weight is 347 g/mol. The zero-order valence-electron chi connectivity index (χ0n) is 15.1. The SMILES string of the molecule is CC(=O)c1ccc(N=CC=C2C=C(c3ccccc3)OC(C)(C)O2)cc1. The number of benzene rings is 2. The summed E-state index contributed by atoms with van der Waals surface area (Å²) in [6.07, 6.45) is 5.33. The highest BCUT2D eigenvalue weighted by atomic mass is 16.7. The van der Waals surface area contributed by atoms with Gasteiger partial charge < -0.3 is 9.47 Å². The van der Waals surface area contributed by atoms with E-state index in [-0.39, 0.29) is 5.78 Å². The first kappa shape index (κ1) is 17.7. The number of carbonyl (C=O) groups excluding carboxylic acids is 1. The molecule has 0 aliphatic carbocycles. The Morgan fingerprint density at radius 2 is 1.69 bits per heavy atom. The van der Waals surface area contributed by atoms with Gasteiger partial charge in [-0.2, -0.15) is 0 Å². The Morgan fingerprint density at radius 3 is 2.35 bits per heavy atom. The maximum atomic E-state index is 11.3. The van der Waals surface area contributed by atoms with Gasteiger partial charge in [0.05, 0.1) is 5.69 Å². The standard InChI is InChI=1S/C22H21NO3/c1-16(24)17-9-11-19(12-10-17)23-14-13-20-15-21(26-22(2,3)25-20)18-7-5-4-6-8-18/h4-15H,1-3H3. The van der Waals surface area contributed by atoms with Gasteiger partial charge in [-0.1, -0.05) is 30.3 Å². The number of ether oxygens (including phenoxy) is 2. The van der Waals surface area contributed by atoms with Crippen molar-refractivity contribution in [3.8, 4) is 0 Å². The number of Topliss-reactive ketones (excluding diaryl/α,β-unsaturated/α-hetero) is 1. The Kier molecular flexibility index (Phi) is 5.03. The van der Waals surface area contributed by atoms with Crippen molar-refractivity contribution in [3.63, 3.8) is 0 Å². The molecule has 2 aromatic carbocycles. The Balaban J connectivity index is 1.81. The van der Waals surface area contributed by atoms with Gasteiger partial charge in [-0.3, -0.25) is 9.79 Å². The molecule has 2 aromatic rings. The minimum atomic E-state index is -0.761. The van der Waals surface area contributed by atoms with Crippen LogP contribution in [0.3, 0.4) is 0 Å². The smallest absolute Gasteiger partial charge is 0.245 e. The van der Waals surface area contributed by atoms with E-state index in [0.717, 1.165) is 17.0 Å². The number of hydrogen-bond acceptors (Lipinski definition) is 4. The molecule has 3 rings (SSSR count). The summed E-state index contributed by atoms with van der Waals surface area (Å²) in [6.45, 7) is 5.28. The fourth-order valence-corrected chi connectivity index (χ4v) is 2.56. The van der Waals surface area contributed by atoms with Crippen LogP contribution in [0.5, 0.6) is 0 Å². The zero-order valence-corrected chi connectivity index (χ0v) is 15.1. The molecule has 0 atom stereocenters. The molecule has 132 valence electrons. The molecule has 4 nitrogen and oxygen atoms in total. The van der Waals surface area contributed by atoms with Crippen molar-refractivity contribution in [2.45, 2.75) is 26.6 Å². The number of rotatable bonds is 4. The molecule has 0 radical (unpaired) electrons. The maximum Gasteiger partial charge on any atom is 0.245 e. The van der Waals surface area contributed by atoms with E-state index in [1.165, 1.54) is 0 Å². The molecular formula is C22H21NO3. The van der Waals surface area contributed by atoms with Crippen molar-refractivity contribution in [1.29, 1.82) is 0 Å². The van der Waals surface area contributed by atoms with Crippen molar-refractivity contribution >= 4 is 23.4 Å². The molecule has 4 heteroatoms. The third-order valence-electron chi connectivity index (χ3n) is 3.79. The summed E-state index contributed by atoms with van der Waals surface area (Å²) < 4.78 is 11.8. The van der Waals surface area contributed by atoms with E-state index in [0.29, 0.717) is 11.3 Å². The second-order valence-corrected chi connectivity index (χ2v) is 6.43. The number of hydrogen-bond donors (Lipinski definition) is 0. The summed E-state index contributed by atoms with van der Waals surface area (Å²) in [5.74, 6) is 0.707. The van der Waals surface area contributed by atoms with Crippen LogP contribution < -0.4 is 0 Å². The molecule has 0 bridgehead atoms. The third kappa shape index (κ3) is 4.48. The summed E-state index contributed by atoms with van der Waals surface area (Å²) in [6, 6.07) is 17.1. The van der Waals surface area contributed by atoms with Crippen LogP contribution in [0, 0.1) is 0 Å². The Labute approximate surface area is 153 Å². The topological polar surface area (TPSA) is 47.9 Å². The molecular weight excluding hydrogens is 326 g/mol. The Hall–Kier alpha value is -3.14. The van der Waals surface area contributed by atoms with Crippen molar-refractivity contribution < 1.29 is 14.3 Å². The van der Waals surface area contributed by atoms with Gasteiger partial charge in [-0.25, -0.2) is 0 Å². The first-order chi connectivity index (χ1) is 12.4. The molecule has 0 fully saturated rings. The number of ketones is 1. The highest BCUT2D eigenvalue weighted by molar-refractivity contribution is 5.94. The minimum Gasteiger partial charge on any atom is -0.453 e. The van der Waals surface area contributed by atoms with Crippen LogP contribution in [0.1, 0.15) is 36.7 Å². The summed E-state index contributed by atoms with van der Waals surface area (Å²) in [5.41, 5.74) is 2.43. The lowest BCUT2D eigenvalue weighted by molar-refractivity contribution is -0.149. The van der Waals surface area contributed by atoms with Crippen LogP contribution in [-0.4, -0.2) is 17.8 Å². The van der Waals surface area contributed by atoms with Crippen LogP contribution in [0.25, 0.3) is 5.76 Å². The molecule has 26 heavy (non-hydrogen) atoms. The van der Waals surface area contributed by atoms with Crippen LogP contribution in [0.15, 0.2) is 77.5 Å². The number of aliphatic imine (C=N–C) groups is 1.